The number of anilines is 1. The molecule has 0 aromatic carbocycles. The van der Waals surface area contributed by atoms with Gasteiger partial charge in [0.1, 0.15) is 11.6 Å². The second kappa shape index (κ2) is 8.62. The third kappa shape index (κ3) is 4.70. The van der Waals surface area contributed by atoms with Gasteiger partial charge in [-0.25, -0.2) is 4.98 Å². The average Bonchev–Trinajstić information content (AvgIpc) is 3.20. The highest BCUT2D eigenvalue weighted by Crippen LogP contribution is 2.20. The maximum Gasteiger partial charge on any atom is 0.242 e. The van der Waals surface area contributed by atoms with Gasteiger partial charge in [0.05, 0.1) is 18.8 Å². The standard InChI is InChI=1S/C19H24N4O3/c1-14(18(24)22-17-6-2-3-9-20-17)23-10-7-15(8-11-23)19(25)21-13-16-5-4-12-26-16/h2-6,9,12,14-15H,7-8,10-11,13H2,1H3,(H,21,25)(H,20,22,24)/t14-/m1/s1. The van der Waals surface area contributed by atoms with Gasteiger partial charge in [-0.05, 0) is 57.1 Å². The zero-order chi connectivity index (χ0) is 18.4. The number of furan rings is 1. The van der Waals surface area contributed by atoms with Crippen molar-refractivity contribution >= 4 is 17.6 Å². The van der Waals surface area contributed by atoms with E-state index in [0.29, 0.717) is 12.4 Å². The summed E-state index contributed by atoms with van der Waals surface area (Å²) in [6.07, 6.45) is 4.72. The molecule has 2 amide bonds. The van der Waals surface area contributed by atoms with E-state index in [1.165, 1.54) is 0 Å². The molecular formula is C19H24N4O3. The van der Waals surface area contributed by atoms with Gasteiger partial charge in [0, 0.05) is 12.1 Å². The molecule has 3 rings (SSSR count). The Labute approximate surface area is 152 Å². The minimum Gasteiger partial charge on any atom is -0.467 e. The SMILES string of the molecule is C[C@H](C(=O)Nc1ccccn1)N1CCC(C(=O)NCc2ccco2)CC1. The Morgan fingerprint density at radius 3 is 2.73 bits per heavy atom. The lowest BCUT2D eigenvalue weighted by atomic mass is 9.95. The van der Waals surface area contributed by atoms with Crippen LogP contribution in [-0.2, 0) is 16.1 Å². The van der Waals surface area contributed by atoms with Crippen LogP contribution in [0.5, 0.6) is 0 Å². The summed E-state index contributed by atoms with van der Waals surface area (Å²) in [6.45, 7) is 3.73. The van der Waals surface area contributed by atoms with Crippen molar-refractivity contribution in [2.24, 2.45) is 5.92 Å². The van der Waals surface area contributed by atoms with Crippen LogP contribution in [-0.4, -0.2) is 40.8 Å². The number of carbonyl (C=O) groups is 2. The molecule has 2 N–H and O–H groups in total. The number of piperidine rings is 1. The fraction of sp³-hybridized carbons (Fsp3) is 0.421. The number of likely N-dealkylation sites (tertiary alicyclic amines) is 1. The lowest BCUT2D eigenvalue weighted by Gasteiger charge is -2.34. The molecule has 138 valence electrons. The highest BCUT2D eigenvalue weighted by molar-refractivity contribution is 5.93. The van der Waals surface area contributed by atoms with Crippen LogP contribution in [0.15, 0.2) is 47.2 Å². The van der Waals surface area contributed by atoms with Gasteiger partial charge in [-0.1, -0.05) is 6.07 Å². The fourth-order valence-corrected chi connectivity index (χ4v) is 3.11. The monoisotopic (exact) mass is 356 g/mol. The summed E-state index contributed by atoms with van der Waals surface area (Å²) < 4.78 is 5.22. The topological polar surface area (TPSA) is 87.5 Å². The molecule has 2 aromatic rings. The summed E-state index contributed by atoms with van der Waals surface area (Å²) in [5.41, 5.74) is 0. The van der Waals surface area contributed by atoms with Gasteiger partial charge in [0.15, 0.2) is 0 Å². The molecule has 0 aliphatic carbocycles. The van der Waals surface area contributed by atoms with Crippen molar-refractivity contribution in [1.82, 2.24) is 15.2 Å². The van der Waals surface area contributed by atoms with Gasteiger partial charge >= 0.3 is 0 Å². The number of carbonyl (C=O) groups excluding carboxylic acids is 2. The van der Waals surface area contributed by atoms with Crippen LogP contribution in [0, 0.1) is 5.92 Å². The first-order valence-corrected chi connectivity index (χ1v) is 8.89. The summed E-state index contributed by atoms with van der Waals surface area (Å²) >= 11 is 0. The van der Waals surface area contributed by atoms with E-state index < -0.39 is 0 Å². The number of rotatable bonds is 6. The molecule has 7 heteroatoms. The minimum atomic E-state index is -0.260. The number of nitrogens with one attached hydrogen (secondary N) is 2. The van der Waals surface area contributed by atoms with E-state index in [9.17, 15) is 9.59 Å². The third-order valence-electron chi connectivity index (χ3n) is 4.76. The molecule has 2 aromatic heterocycles. The van der Waals surface area contributed by atoms with Gasteiger partial charge in [-0.2, -0.15) is 0 Å². The number of amides is 2. The van der Waals surface area contributed by atoms with Crippen molar-refractivity contribution in [3.63, 3.8) is 0 Å². The van der Waals surface area contributed by atoms with Crippen molar-refractivity contribution in [2.75, 3.05) is 18.4 Å². The summed E-state index contributed by atoms with van der Waals surface area (Å²) in [5.74, 6) is 1.25. The first kappa shape index (κ1) is 18.1. The fourth-order valence-electron chi connectivity index (χ4n) is 3.11. The second-order valence-electron chi connectivity index (χ2n) is 6.49. The molecule has 1 aliphatic rings. The normalized spacial score (nSPS) is 16.8. The second-order valence-corrected chi connectivity index (χ2v) is 6.49. The number of nitrogens with zero attached hydrogens (tertiary/aromatic N) is 2. The van der Waals surface area contributed by atoms with E-state index in [4.69, 9.17) is 4.42 Å². The summed E-state index contributed by atoms with van der Waals surface area (Å²) in [4.78, 5) is 30.9. The van der Waals surface area contributed by atoms with E-state index in [0.717, 1.165) is 31.7 Å². The Morgan fingerprint density at radius 2 is 2.08 bits per heavy atom. The molecule has 0 spiro atoms. The van der Waals surface area contributed by atoms with Gasteiger partial charge in [0.25, 0.3) is 0 Å². The molecule has 3 heterocycles. The number of aromatic nitrogens is 1. The summed E-state index contributed by atoms with van der Waals surface area (Å²) in [6, 6.07) is 8.78. The molecule has 0 radical (unpaired) electrons. The zero-order valence-corrected chi connectivity index (χ0v) is 14.9. The molecule has 7 nitrogen and oxygen atoms in total. The molecular weight excluding hydrogens is 332 g/mol. The lowest BCUT2D eigenvalue weighted by molar-refractivity contribution is -0.127. The van der Waals surface area contributed by atoms with Crippen molar-refractivity contribution in [2.45, 2.75) is 32.4 Å². The predicted octanol–water partition coefficient (Wildman–Crippen LogP) is 2.03. The smallest absolute Gasteiger partial charge is 0.242 e. The van der Waals surface area contributed by atoms with Crippen LogP contribution < -0.4 is 10.6 Å². The van der Waals surface area contributed by atoms with E-state index >= 15 is 0 Å². The van der Waals surface area contributed by atoms with E-state index in [1.54, 1.807) is 30.7 Å². The molecule has 1 fully saturated rings. The molecule has 0 saturated carbocycles. The predicted molar refractivity (Wildman–Crippen MR) is 97.2 cm³/mol. The van der Waals surface area contributed by atoms with Gasteiger partial charge in [0.2, 0.25) is 11.8 Å². The number of hydrogen-bond acceptors (Lipinski definition) is 5. The Hall–Kier alpha value is -2.67. The van der Waals surface area contributed by atoms with Crippen molar-refractivity contribution in [1.29, 1.82) is 0 Å². The molecule has 1 saturated heterocycles. The maximum absolute atomic E-state index is 12.4. The van der Waals surface area contributed by atoms with Crippen molar-refractivity contribution in [3.8, 4) is 0 Å². The van der Waals surface area contributed by atoms with Crippen LogP contribution in [0.4, 0.5) is 5.82 Å². The third-order valence-corrected chi connectivity index (χ3v) is 4.76. The largest absolute Gasteiger partial charge is 0.467 e. The first-order valence-electron chi connectivity index (χ1n) is 8.89. The van der Waals surface area contributed by atoms with Gasteiger partial charge < -0.3 is 15.1 Å². The Bertz CT molecular complexity index is 710. The van der Waals surface area contributed by atoms with Gasteiger partial charge in [-0.3, -0.25) is 14.5 Å². The van der Waals surface area contributed by atoms with Gasteiger partial charge in [-0.15, -0.1) is 0 Å². The summed E-state index contributed by atoms with van der Waals surface area (Å²) in [5, 5.41) is 5.74. The lowest BCUT2D eigenvalue weighted by Crippen LogP contribution is -2.48. The van der Waals surface area contributed by atoms with Crippen LogP contribution in [0.3, 0.4) is 0 Å². The van der Waals surface area contributed by atoms with Crippen molar-refractivity contribution in [3.05, 3.63) is 48.6 Å². The molecule has 1 aliphatic heterocycles. The van der Waals surface area contributed by atoms with Crippen LogP contribution in [0.2, 0.25) is 0 Å². The number of hydrogen-bond donors (Lipinski definition) is 2. The quantitative estimate of drug-likeness (QED) is 0.827. The van der Waals surface area contributed by atoms with Crippen LogP contribution in [0.1, 0.15) is 25.5 Å². The van der Waals surface area contributed by atoms with E-state index in [1.807, 2.05) is 19.1 Å². The summed E-state index contributed by atoms with van der Waals surface area (Å²) in [7, 11) is 0. The Balaban J connectivity index is 1.43. The van der Waals surface area contributed by atoms with E-state index in [-0.39, 0.29) is 23.8 Å². The Morgan fingerprint density at radius 1 is 1.27 bits per heavy atom. The van der Waals surface area contributed by atoms with Crippen molar-refractivity contribution < 1.29 is 14.0 Å². The van der Waals surface area contributed by atoms with E-state index in [2.05, 4.69) is 20.5 Å². The molecule has 1 atom stereocenters. The molecule has 26 heavy (non-hydrogen) atoms. The highest BCUT2D eigenvalue weighted by atomic mass is 16.3. The average molecular weight is 356 g/mol. The molecule has 0 bridgehead atoms. The Kier molecular flexibility index (Phi) is 6.01. The highest BCUT2D eigenvalue weighted by Gasteiger charge is 2.29. The zero-order valence-electron chi connectivity index (χ0n) is 14.9. The maximum atomic E-state index is 12.4. The first-order chi connectivity index (χ1) is 12.6. The van der Waals surface area contributed by atoms with Crippen LogP contribution >= 0.6 is 0 Å². The molecule has 0 unspecified atom stereocenters. The number of pyridine rings is 1. The van der Waals surface area contributed by atoms with Crippen LogP contribution in [0.25, 0.3) is 0 Å². The minimum absolute atomic E-state index is 0.0211.